The topological polar surface area (TPSA) is 96.0 Å². The van der Waals surface area contributed by atoms with Gasteiger partial charge in [0.05, 0.1) is 19.1 Å². The van der Waals surface area contributed by atoms with Crippen molar-refractivity contribution in [3.05, 3.63) is 59.7 Å². The van der Waals surface area contributed by atoms with Crippen LogP contribution in [0.4, 0.5) is 5.69 Å². The molecular weight excluding hydrogens is 490 g/mol. The van der Waals surface area contributed by atoms with Crippen molar-refractivity contribution in [1.29, 1.82) is 0 Å². The van der Waals surface area contributed by atoms with Crippen molar-refractivity contribution in [2.75, 3.05) is 24.2 Å². The van der Waals surface area contributed by atoms with Crippen molar-refractivity contribution in [3.8, 4) is 5.75 Å². The van der Waals surface area contributed by atoms with E-state index in [1.807, 2.05) is 45.0 Å². The number of carbonyl (C=O) groups is 2. The Morgan fingerprint density at radius 1 is 1.00 bits per heavy atom. The van der Waals surface area contributed by atoms with Gasteiger partial charge in [-0.1, -0.05) is 52.0 Å². The summed E-state index contributed by atoms with van der Waals surface area (Å²) in [4.78, 5) is 28.4. The molecule has 0 saturated carbocycles. The van der Waals surface area contributed by atoms with Gasteiger partial charge in [-0.3, -0.25) is 13.9 Å². The van der Waals surface area contributed by atoms with E-state index < -0.39 is 28.5 Å². The Hall–Kier alpha value is -3.07. The highest BCUT2D eigenvalue weighted by Crippen LogP contribution is 2.23. The molecule has 37 heavy (non-hydrogen) atoms. The summed E-state index contributed by atoms with van der Waals surface area (Å²) < 4.78 is 32.0. The summed E-state index contributed by atoms with van der Waals surface area (Å²) in [6, 6.07) is 13.6. The lowest BCUT2D eigenvalue weighted by molar-refractivity contribution is -0.140. The molecule has 2 amide bonds. The summed E-state index contributed by atoms with van der Waals surface area (Å²) in [6.45, 7) is 9.54. The first-order valence-corrected chi connectivity index (χ1v) is 14.6. The number of ether oxygens (including phenoxy) is 1. The monoisotopic (exact) mass is 531 g/mol. The lowest BCUT2D eigenvalue weighted by atomic mass is 10.0. The van der Waals surface area contributed by atoms with Gasteiger partial charge in [0, 0.05) is 12.6 Å². The Balaban J connectivity index is 2.45. The van der Waals surface area contributed by atoms with Gasteiger partial charge in [-0.15, -0.1) is 0 Å². The van der Waals surface area contributed by atoms with Crippen LogP contribution in [0.2, 0.25) is 0 Å². The molecule has 0 aromatic heterocycles. The fraction of sp³-hybridized carbons (Fsp3) is 0.500. The first kappa shape index (κ1) is 30.2. The minimum atomic E-state index is -3.77. The minimum absolute atomic E-state index is 0.0534. The average molecular weight is 532 g/mol. The lowest BCUT2D eigenvalue weighted by Crippen LogP contribution is -2.53. The standard InChI is InChI=1S/C28H41N3O5S/c1-8-21(5)29-28(33)26(9-2)30(18-22-11-10-12-25(17-22)36-6)27(32)19-31(37(7,34)35)24-15-13-23(14-16-24)20(3)4/h10-17,20-21,26H,8-9,18-19H2,1-7H3,(H,29,33)/t21-,26+/m0/s1. The summed E-state index contributed by atoms with van der Waals surface area (Å²) >= 11 is 0. The van der Waals surface area contributed by atoms with Crippen LogP contribution in [-0.4, -0.2) is 57.1 Å². The third-order valence-corrected chi connectivity index (χ3v) is 7.54. The van der Waals surface area contributed by atoms with E-state index in [4.69, 9.17) is 4.74 Å². The number of nitrogens with one attached hydrogen (secondary N) is 1. The Morgan fingerprint density at radius 3 is 2.16 bits per heavy atom. The van der Waals surface area contributed by atoms with E-state index in [0.717, 1.165) is 28.1 Å². The molecule has 2 aromatic carbocycles. The highest BCUT2D eigenvalue weighted by molar-refractivity contribution is 7.92. The van der Waals surface area contributed by atoms with Gasteiger partial charge in [-0.2, -0.15) is 0 Å². The van der Waals surface area contributed by atoms with Gasteiger partial charge in [-0.25, -0.2) is 8.42 Å². The van der Waals surface area contributed by atoms with E-state index in [9.17, 15) is 18.0 Å². The zero-order chi connectivity index (χ0) is 27.8. The molecule has 1 N–H and O–H groups in total. The lowest BCUT2D eigenvalue weighted by Gasteiger charge is -2.33. The number of benzene rings is 2. The maximum Gasteiger partial charge on any atom is 0.244 e. The molecule has 2 aromatic rings. The van der Waals surface area contributed by atoms with Gasteiger partial charge in [0.15, 0.2) is 0 Å². The van der Waals surface area contributed by atoms with Crippen LogP contribution < -0.4 is 14.4 Å². The summed E-state index contributed by atoms with van der Waals surface area (Å²) in [5.74, 6) is 0.188. The molecule has 0 heterocycles. The SMILES string of the molecule is CC[C@H](C(=O)N[C@@H](C)CC)N(Cc1cccc(OC)c1)C(=O)CN(c1ccc(C(C)C)cc1)S(C)(=O)=O. The van der Waals surface area contributed by atoms with E-state index in [-0.39, 0.29) is 24.4 Å². The van der Waals surface area contributed by atoms with E-state index in [2.05, 4.69) is 19.2 Å². The molecule has 0 unspecified atom stereocenters. The first-order chi connectivity index (χ1) is 17.4. The number of anilines is 1. The minimum Gasteiger partial charge on any atom is -0.497 e. The Bertz CT molecular complexity index is 1150. The van der Waals surface area contributed by atoms with E-state index in [0.29, 0.717) is 17.9 Å². The van der Waals surface area contributed by atoms with Gasteiger partial charge >= 0.3 is 0 Å². The Kier molecular flexibility index (Phi) is 11.0. The van der Waals surface area contributed by atoms with Crippen molar-refractivity contribution in [2.45, 2.75) is 72.0 Å². The molecule has 0 bridgehead atoms. The predicted octanol–water partition coefficient (Wildman–Crippen LogP) is 4.31. The maximum absolute atomic E-state index is 13.8. The van der Waals surface area contributed by atoms with Crippen molar-refractivity contribution >= 4 is 27.5 Å². The average Bonchev–Trinajstić information content (AvgIpc) is 2.86. The van der Waals surface area contributed by atoms with Gasteiger partial charge < -0.3 is 15.0 Å². The molecule has 0 spiro atoms. The van der Waals surface area contributed by atoms with Crippen LogP contribution in [0.3, 0.4) is 0 Å². The predicted molar refractivity (Wildman–Crippen MR) is 148 cm³/mol. The third kappa shape index (κ3) is 8.49. The highest BCUT2D eigenvalue weighted by atomic mass is 32.2. The van der Waals surface area contributed by atoms with Crippen molar-refractivity contribution < 1.29 is 22.7 Å². The van der Waals surface area contributed by atoms with Crippen LogP contribution in [0, 0.1) is 0 Å². The van der Waals surface area contributed by atoms with Gasteiger partial charge in [0.25, 0.3) is 0 Å². The normalized spacial score (nSPS) is 13.1. The number of sulfonamides is 1. The molecule has 204 valence electrons. The molecule has 0 aliphatic rings. The van der Waals surface area contributed by atoms with Crippen LogP contribution in [0.25, 0.3) is 0 Å². The fourth-order valence-corrected chi connectivity index (χ4v) is 4.82. The Morgan fingerprint density at radius 2 is 1.65 bits per heavy atom. The summed E-state index contributed by atoms with van der Waals surface area (Å²) in [6.07, 6.45) is 2.20. The number of hydrogen-bond acceptors (Lipinski definition) is 5. The largest absolute Gasteiger partial charge is 0.497 e. The summed E-state index contributed by atoms with van der Waals surface area (Å²) in [5, 5.41) is 2.97. The molecule has 0 radical (unpaired) electrons. The first-order valence-electron chi connectivity index (χ1n) is 12.7. The number of carbonyl (C=O) groups excluding carboxylic acids is 2. The molecule has 0 saturated heterocycles. The molecular formula is C28H41N3O5S. The second kappa shape index (κ2) is 13.5. The molecule has 2 atom stereocenters. The van der Waals surface area contributed by atoms with Crippen molar-refractivity contribution in [2.24, 2.45) is 0 Å². The second-order valence-corrected chi connectivity index (χ2v) is 11.5. The van der Waals surface area contributed by atoms with Crippen LogP contribution in [0.5, 0.6) is 5.75 Å². The number of methoxy groups -OCH3 is 1. The van der Waals surface area contributed by atoms with Crippen LogP contribution in [0.15, 0.2) is 48.5 Å². The number of rotatable bonds is 13. The summed E-state index contributed by atoms with van der Waals surface area (Å²) in [5.41, 5.74) is 2.24. The van der Waals surface area contributed by atoms with Crippen molar-refractivity contribution in [1.82, 2.24) is 10.2 Å². The van der Waals surface area contributed by atoms with Gasteiger partial charge in [-0.05, 0) is 61.1 Å². The Labute approximate surface area is 222 Å². The summed E-state index contributed by atoms with van der Waals surface area (Å²) in [7, 11) is -2.21. The van der Waals surface area contributed by atoms with Crippen LogP contribution >= 0.6 is 0 Å². The zero-order valence-corrected chi connectivity index (χ0v) is 23.8. The molecule has 0 aliphatic carbocycles. The van der Waals surface area contributed by atoms with Gasteiger partial charge in [0.2, 0.25) is 21.8 Å². The highest BCUT2D eigenvalue weighted by Gasteiger charge is 2.32. The third-order valence-electron chi connectivity index (χ3n) is 6.40. The maximum atomic E-state index is 13.8. The van der Waals surface area contributed by atoms with Crippen LogP contribution in [-0.2, 0) is 26.2 Å². The molecule has 2 rings (SSSR count). The molecule has 0 aliphatic heterocycles. The molecule has 8 nitrogen and oxygen atoms in total. The van der Waals surface area contributed by atoms with E-state index in [1.165, 1.54) is 4.90 Å². The molecule has 9 heteroatoms. The van der Waals surface area contributed by atoms with E-state index in [1.54, 1.807) is 31.4 Å². The quantitative estimate of drug-likeness (QED) is 0.416. The number of hydrogen-bond donors (Lipinski definition) is 1. The number of nitrogens with zero attached hydrogens (tertiary/aromatic N) is 2. The van der Waals surface area contributed by atoms with Crippen molar-refractivity contribution in [3.63, 3.8) is 0 Å². The fourth-order valence-electron chi connectivity index (χ4n) is 3.97. The van der Waals surface area contributed by atoms with Crippen LogP contribution in [0.1, 0.15) is 64.5 Å². The number of amides is 2. The molecule has 0 fully saturated rings. The zero-order valence-electron chi connectivity index (χ0n) is 23.0. The van der Waals surface area contributed by atoms with Gasteiger partial charge in [0.1, 0.15) is 18.3 Å². The van der Waals surface area contributed by atoms with E-state index >= 15 is 0 Å². The second-order valence-electron chi connectivity index (χ2n) is 9.63. The smallest absolute Gasteiger partial charge is 0.244 e.